The Hall–Kier alpha value is -1.07. The van der Waals surface area contributed by atoms with Crippen molar-refractivity contribution in [1.29, 1.82) is 0 Å². The average Bonchev–Trinajstić information content (AvgIpc) is 2.40. The van der Waals surface area contributed by atoms with E-state index in [2.05, 4.69) is 21.2 Å². The van der Waals surface area contributed by atoms with Gasteiger partial charge >= 0.3 is 0 Å². The number of amides is 1. The fourth-order valence-corrected chi connectivity index (χ4v) is 2.03. The number of halogens is 1. The summed E-state index contributed by atoms with van der Waals surface area (Å²) < 4.78 is 6.46. The second-order valence-electron chi connectivity index (χ2n) is 5.35. The summed E-state index contributed by atoms with van der Waals surface area (Å²) in [6.45, 7) is 6.81. The molecule has 1 rings (SSSR count). The molecule has 0 aliphatic carbocycles. The Morgan fingerprint density at radius 1 is 1.45 bits per heavy atom. The summed E-state index contributed by atoms with van der Waals surface area (Å²) in [5.74, 6) is 0.977. The molecule has 4 nitrogen and oxygen atoms in total. The lowest BCUT2D eigenvalue weighted by Crippen LogP contribution is -2.55. The topological polar surface area (TPSA) is 64.3 Å². The molecule has 0 fully saturated rings. The van der Waals surface area contributed by atoms with Gasteiger partial charge < -0.3 is 15.8 Å². The lowest BCUT2D eigenvalue weighted by molar-refractivity contribution is -0.123. The van der Waals surface area contributed by atoms with Crippen LogP contribution < -0.4 is 15.8 Å². The van der Waals surface area contributed by atoms with E-state index in [0.717, 1.165) is 10.2 Å². The molecule has 1 aromatic rings. The first-order valence-electron chi connectivity index (χ1n) is 6.77. The van der Waals surface area contributed by atoms with Gasteiger partial charge in [0.25, 0.3) is 0 Å². The van der Waals surface area contributed by atoms with Crippen LogP contribution in [-0.4, -0.2) is 24.6 Å². The molecule has 0 aliphatic rings. The molecular weight excluding hydrogens is 320 g/mol. The van der Waals surface area contributed by atoms with Crippen molar-refractivity contribution < 1.29 is 9.53 Å². The second kappa shape index (κ2) is 7.64. The Morgan fingerprint density at radius 2 is 2.10 bits per heavy atom. The average molecular weight is 343 g/mol. The van der Waals surface area contributed by atoms with Crippen molar-refractivity contribution in [2.75, 3.05) is 13.2 Å². The van der Waals surface area contributed by atoms with Gasteiger partial charge in [0.05, 0.1) is 23.0 Å². The Kier molecular flexibility index (Phi) is 6.49. The minimum atomic E-state index is -0.371. The molecule has 20 heavy (non-hydrogen) atoms. The number of carbonyl (C=O) groups excluding carboxylic acids is 1. The van der Waals surface area contributed by atoms with E-state index in [1.54, 1.807) is 0 Å². The number of rotatable bonds is 7. The van der Waals surface area contributed by atoms with Gasteiger partial charge in [-0.05, 0) is 40.9 Å². The SMILES string of the molecule is CC(C)C(C)(CN)NC(=O)CCOc1ccccc1Br. The summed E-state index contributed by atoms with van der Waals surface area (Å²) >= 11 is 3.40. The molecule has 0 heterocycles. The molecule has 112 valence electrons. The van der Waals surface area contributed by atoms with E-state index in [1.807, 2.05) is 45.0 Å². The molecule has 0 radical (unpaired) electrons. The molecule has 1 amide bonds. The first-order chi connectivity index (χ1) is 9.39. The molecule has 1 unspecified atom stereocenters. The fraction of sp³-hybridized carbons (Fsp3) is 0.533. The van der Waals surface area contributed by atoms with E-state index in [0.29, 0.717) is 19.6 Å². The number of benzene rings is 1. The van der Waals surface area contributed by atoms with Crippen molar-refractivity contribution in [1.82, 2.24) is 5.32 Å². The Labute approximate surface area is 129 Å². The van der Waals surface area contributed by atoms with Crippen molar-refractivity contribution in [3.05, 3.63) is 28.7 Å². The van der Waals surface area contributed by atoms with Crippen LogP contribution in [0.4, 0.5) is 0 Å². The van der Waals surface area contributed by atoms with Gasteiger partial charge in [-0.25, -0.2) is 0 Å². The summed E-state index contributed by atoms with van der Waals surface area (Å²) in [7, 11) is 0. The van der Waals surface area contributed by atoms with Crippen LogP contribution in [-0.2, 0) is 4.79 Å². The summed E-state index contributed by atoms with van der Waals surface area (Å²) in [6.07, 6.45) is 0.309. The number of ether oxygens (including phenoxy) is 1. The number of hydrogen-bond donors (Lipinski definition) is 2. The van der Waals surface area contributed by atoms with Crippen molar-refractivity contribution >= 4 is 21.8 Å². The van der Waals surface area contributed by atoms with E-state index >= 15 is 0 Å². The van der Waals surface area contributed by atoms with Gasteiger partial charge in [0, 0.05) is 6.54 Å². The molecule has 5 heteroatoms. The van der Waals surface area contributed by atoms with Crippen LogP contribution in [0.25, 0.3) is 0 Å². The van der Waals surface area contributed by atoms with Crippen LogP contribution in [0.1, 0.15) is 27.2 Å². The third kappa shape index (κ3) is 4.80. The van der Waals surface area contributed by atoms with Gasteiger partial charge in [-0.15, -0.1) is 0 Å². The lowest BCUT2D eigenvalue weighted by Gasteiger charge is -2.33. The smallest absolute Gasteiger partial charge is 0.223 e. The number of nitrogens with one attached hydrogen (secondary N) is 1. The second-order valence-corrected chi connectivity index (χ2v) is 6.21. The highest BCUT2D eigenvalue weighted by Gasteiger charge is 2.28. The van der Waals surface area contributed by atoms with E-state index in [4.69, 9.17) is 10.5 Å². The van der Waals surface area contributed by atoms with Gasteiger partial charge in [0.2, 0.25) is 5.91 Å². The van der Waals surface area contributed by atoms with Crippen molar-refractivity contribution in [2.45, 2.75) is 32.7 Å². The number of carbonyl (C=O) groups is 1. The minimum Gasteiger partial charge on any atom is -0.492 e. The first-order valence-corrected chi connectivity index (χ1v) is 7.56. The maximum absolute atomic E-state index is 11.9. The van der Waals surface area contributed by atoms with E-state index in [1.165, 1.54) is 0 Å². The van der Waals surface area contributed by atoms with Gasteiger partial charge in [0.15, 0.2) is 0 Å². The number of hydrogen-bond acceptors (Lipinski definition) is 3. The van der Waals surface area contributed by atoms with Crippen molar-refractivity contribution in [2.24, 2.45) is 11.7 Å². The number of nitrogens with two attached hydrogens (primary N) is 1. The van der Waals surface area contributed by atoms with Gasteiger partial charge in [-0.3, -0.25) is 4.79 Å². The van der Waals surface area contributed by atoms with Crippen molar-refractivity contribution in [3.63, 3.8) is 0 Å². The predicted molar refractivity (Wildman–Crippen MR) is 84.7 cm³/mol. The Bertz CT molecular complexity index is 451. The Balaban J connectivity index is 2.43. The molecule has 0 aliphatic heterocycles. The van der Waals surface area contributed by atoms with Gasteiger partial charge in [0.1, 0.15) is 5.75 Å². The maximum atomic E-state index is 11.9. The Morgan fingerprint density at radius 3 is 2.65 bits per heavy atom. The highest BCUT2D eigenvalue weighted by atomic mass is 79.9. The first kappa shape index (κ1) is 17.0. The summed E-state index contributed by atoms with van der Waals surface area (Å²) in [6, 6.07) is 7.57. The highest BCUT2D eigenvalue weighted by molar-refractivity contribution is 9.10. The van der Waals surface area contributed by atoms with Crippen LogP contribution in [0, 0.1) is 5.92 Å². The van der Waals surface area contributed by atoms with Crippen LogP contribution in [0.15, 0.2) is 28.7 Å². The van der Waals surface area contributed by atoms with Crippen molar-refractivity contribution in [3.8, 4) is 5.75 Å². The zero-order chi connectivity index (χ0) is 15.2. The maximum Gasteiger partial charge on any atom is 0.223 e. The zero-order valence-corrected chi connectivity index (χ0v) is 13.9. The molecular formula is C15H23BrN2O2. The van der Waals surface area contributed by atoms with E-state index in [-0.39, 0.29) is 17.4 Å². The summed E-state index contributed by atoms with van der Waals surface area (Å²) in [5, 5.41) is 2.99. The van der Waals surface area contributed by atoms with Crippen LogP contribution in [0.5, 0.6) is 5.75 Å². The summed E-state index contributed by atoms with van der Waals surface area (Å²) in [5.41, 5.74) is 5.37. The molecule has 1 aromatic carbocycles. The number of para-hydroxylation sites is 1. The minimum absolute atomic E-state index is 0.0429. The van der Waals surface area contributed by atoms with E-state index in [9.17, 15) is 4.79 Å². The zero-order valence-electron chi connectivity index (χ0n) is 12.3. The fourth-order valence-electron chi connectivity index (χ4n) is 1.63. The molecule has 0 bridgehead atoms. The van der Waals surface area contributed by atoms with Gasteiger partial charge in [-0.2, -0.15) is 0 Å². The van der Waals surface area contributed by atoms with Crippen LogP contribution in [0.3, 0.4) is 0 Å². The molecule has 3 N–H and O–H groups in total. The predicted octanol–water partition coefficient (Wildman–Crippen LogP) is 2.71. The molecule has 1 atom stereocenters. The van der Waals surface area contributed by atoms with Crippen LogP contribution >= 0.6 is 15.9 Å². The largest absolute Gasteiger partial charge is 0.492 e. The highest BCUT2D eigenvalue weighted by Crippen LogP contribution is 2.23. The monoisotopic (exact) mass is 342 g/mol. The van der Waals surface area contributed by atoms with Crippen LogP contribution in [0.2, 0.25) is 0 Å². The van der Waals surface area contributed by atoms with Gasteiger partial charge in [-0.1, -0.05) is 26.0 Å². The normalized spacial score (nSPS) is 13.9. The summed E-state index contributed by atoms with van der Waals surface area (Å²) in [4.78, 5) is 11.9. The van der Waals surface area contributed by atoms with E-state index < -0.39 is 0 Å². The third-order valence-corrected chi connectivity index (χ3v) is 4.20. The third-order valence-electron chi connectivity index (χ3n) is 3.55. The molecule has 0 aromatic heterocycles. The molecule has 0 saturated carbocycles. The standard InChI is InChI=1S/C15H23BrN2O2/c1-11(2)15(3,10-17)18-14(19)8-9-20-13-7-5-4-6-12(13)16/h4-7,11H,8-10,17H2,1-3H3,(H,18,19). The lowest BCUT2D eigenvalue weighted by atomic mass is 9.88. The quantitative estimate of drug-likeness (QED) is 0.800. The molecule has 0 spiro atoms. The molecule has 0 saturated heterocycles.